The van der Waals surface area contributed by atoms with Crippen LogP contribution >= 0.6 is 0 Å². The lowest BCUT2D eigenvalue weighted by Gasteiger charge is -2.24. The number of nitrogens with zero attached hydrogens (tertiary/aromatic N) is 1. The van der Waals surface area contributed by atoms with Gasteiger partial charge in [0, 0.05) is 18.3 Å². The summed E-state index contributed by atoms with van der Waals surface area (Å²) in [7, 11) is 0. The van der Waals surface area contributed by atoms with Crippen molar-refractivity contribution in [3.63, 3.8) is 0 Å². The third-order valence-electron chi connectivity index (χ3n) is 3.19. The van der Waals surface area contributed by atoms with Crippen molar-refractivity contribution in [1.82, 2.24) is 0 Å². The van der Waals surface area contributed by atoms with Gasteiger partial charge >= 0.3 is 0 Å². The zero-order valence-electron chi connectivity index (χ0n) is 11.3. The maximum Gasteiger partial charge on any atom is 0.146 e. The number of hydrogen-bond acceptors (Lipinski definition) is 2. The lowest BCUT2D eigenvalue weighted by atomic mass is 10.1. The van der Waals surface area contributed by atoms with Gasteiger partial charge in [0.05, 0.1) is 5.69 Å². The van der Waals surface area contributed by atoms with Gasteiger partial charge in [-0.25, -0.2) is 4.39 Å². The number of hydrogen-bond donors (Lipinski definition) is 1. The molecule has 1 atom stereocenters. The van der Waals surface area contributed by atoms with Crippen molar-refractivity contribution in [3.8, 4) is 0 Å². The Kier molecular flexibility index (Phi) is 4.17. The van der Waals surface area contributed by atoms with Gasteiger partial charge in [0.2, 0.25) is 0 Å². The van der Waals surface area contributed by atoms with Gasteiger partial charge in [-0.05, 0) is 43.7 Å². The van der Waals surface area contributed by atoms with Crippen LogP contribution < -0.4 is 10.6 Å². The molecule has 0 saturated heterocycles. The molecule has 2 nitrogen and oxygen atoms in total. The van der Waals surface area contributed by atoms with E-state index in [1.165, 1.54) is 6.07 Å². The van der Waals surface area contributed by atoms with Crippen LogP contribution in [0.3, 0.4) is 0 Å². The van der Waals surface area contributed by atoms with Gasteiger partial charge < -0.3 is 10.6 Å². The molecule has 0 aliphatic carbocycles. The van der Waals surface area contributed by atoms with Gasteiger partial charge in [0.1, 0.15) is 5.82 Å². The molecule has 3 heteroatoms. The smallest absolute Gasteiger partial charge is 0.146 e. The minimum Gasteiger partial charge on any atom is -0.339 e. The Balaban J connectivity index is 2.35. The van der Waals surface area contributed by atoms with E-state index in [9.17, 15) is 4.39 Å². The maximum atomic E-state index is 13.9. The highest BCUT2D eigenvalue weighted by molar-refractivity contribution is 5.63. The molecule has 0 amide bonds. The molecule has 0 saturated carbocycles. The maximum absolute atomic E-state index is 13.9. The summed E-state index contributed by atoms with van der Waals surface area (Å²) in [6, 6.07) is 14.8. The molecular formula is C16H19FN2. The lowest BCUT2D eigenvalue weighted by molar-refractivity contribution is 0.625. The van der Waals surface area contributed by atoms with Gasteiger partial charge in [0.15, 0.2) is 0 Å². The standard InChI is InChI=1S/C16H19FN2/c1-3-19(16-7-5-4-6-15(16)17)14-10-8-13(9-11-14)12(2)18/h4-12H,3,18H2,1-2H3/t12-/m1/s1. The molecule has 0 spiro atoms. The van der Waals surface area contributed by atoms with Crippen LogP contribution in [0.1, 0.15) is 25.5 Å². The molecule has 2 rings (SSSR count). The Labute approximate surface area is 113 Å². The first-order chi connectivity index (χ1) is 9.13. The molecule has 0 bridgehead atoms. The highest BCUT2D eigenvalue weighted by atomic mass is 19.1. The quantitative estimate of drug-likeness (QED) is 0.898. The van der Waals surface area contributed by atoms with Gasteiger partial charge in [-0.3, -0.25) is 0 Å². The lowest BCUT2D eigenvalue weighted by Crippen LogP contribution is -2.17. The van der Waals surface area contributed by atoms with Crippen LogP contribution in [-0.4, -0.2) is 6.54 Å². The summed E-state index contributed by atoms with van der Waals surface area (Å²) in [6.07, 6.45) is 0. The molecular weight excluding hydrogens is 239 g/mol. The number of nitrogens with two attached hydrogens (primary N) is 1. The average Bonchev–Trinajstić information content (AvgIpc) is 2.42. The molecule has 0 aliphatic rings. The first-order valence-electron chi connectivity index (χ1n) is 6.51. The van der Waals surface area contributed by atoms with Crippen molar-refractivity contribution < 1.29 is 4.39 Å². The minimum atomic E-state index is -0.208. The van der Waals surface area contributed by atoms with Crippen molar-refractivity contribution in [3.05, 3.63) is 59.9 Å². The van der Waals surface area contributed by atoms with Crippen LogP contribution in [0.15, 0.2) is 48.5 Å². The van der Waals surface area contributed by atoms with Gasteiger partial charge in [0.25, 0.3) is 0 Å². The second-order valence-electron chi connectivity index (χ2n) is 4.58. The number of rotatable bonds is 4. The molecule has 100 valence electrons. The molecule has 0 radical (unpaired) electrons. The normalized spacial score (nSPS) is 12.2. The molecule has 0 aliphatic heterocycles. The summed E-state index contributed by atoms with van der Waals surface area (Å²) in [5, 5.41) is 0. The first-order valence-corrected chi connectivity index (χ1v) is 6.51. The fourth-order valence-corrected chi connectivity index (χ4v) is 2.12. The van der Waals surface area contributed by atoms with Crippen LogP contribution in [0.2, 0.25) is 0 Å². The zero-order chi connectivity index (χ0) is 13.8. The summed E-state index contributed by atoms with van der Waals surface area (Å²) in [6.45, 7) is 4.66. The molecule has 19 heavy (non-hydrogen) atoms. The van der Waals surface area contributed by atoms with Crippen LogP contribution in [0.4, 0.5) is 15.8 Å². The van der Waals surface area contributed by atoms with Crippen LogP contribution in [-0.2, 0) is 0 Å². The monoisotopic (exact) mass is 258 g/mol. The predicted octanol–water partition coefficient (Wildman–Crippen LogP) is 4.00. The number of benzene rings is 2. The number of halogens is 1. The van der Waals surface area contributed by atoms with E-state index in [0.717, 1.165) is 11.3 Å². The van der Waals surface area contributed by atoms with Crippen LogP contribution in [0.5, 0.6) is 0 Å². The third kappa shape index (κ3) is 2.93. The third-order valence-corrected chi connectivity index (χ3v) is 3.19. The largest absolute Gasteiger partial charge is 0.339 e. The molecule has 0 unspecified atom stereocenters. The number of para-hydroxylation sites is 1. The summed E-state index contributed by atoms with van der Waals surface area (Å²) in [4.78, 5) is 1.94. The molecule has 0 fully saturated rings. The first kappa shape index (κ1) is 13.6. The van der Waals surface area contributed by atoms with Gasteiger partial charge in [-0.1, -0.05) is 24.3 Å². The zero-order valence-corrected chi connectivity index (χ0v) is 11.3. The van der Waals surface area contributed by atoms with E-state index < -0.39 is 0 Å². The minimum absolute atomic E-state index is 0.0117. The fourth-order valence-electron chi connectivity index (χ4n) is 2.12. The summed E-state index contributed by atoms with van der Waals surface area (Å²) in [5.74, 6) is -0.208. The SMILES string of the molecule is CCN(c1ccc([C@@H](C)N)cc1)c1ccccc1F. The predicted molar refractivity (Wildman–Crippen MR) is 78.1 cm³/mol. The Bertz CT molecular complexity index is 535. The van der Waals surface area contributed by atoms with Crippen LogP contribution in [0.25, 0.3) is 0 Å². The van der Waals surface area contributed by atoms with E-state index in [2.05, 4.69) is 0 Å². The molecule has 0 aromatic heterocycles. The van der Waals surface area contributed by atoms with E-state index in [1.807, 2.05) is 49.1 Å². The van der Waals surface area contributed by atoms with Crippen molar-refractivity contribution in [2.75, 3.05) is 11.4 Å². The van der Waals surface area contributed by atoms with Crippen molar-refractivity contribution in [2.45, 2.75) is 19.9 Å². The van der Waals surface area contributed by atoms with E-state index >= 15 is 0 Å². The molecule has 0 heterocycles. The summed E-state index contributed by atoms with van der Waals surface area (Å²) < 4.78 is 13.9. The van der Waals surface area contributed by atoms with Crippen molar-refractivity contribution in [1.29, 1.82) is 0 Å². The van der Waals surface area contributed by atoms with Crippen molar-refractivity contribution in [2.24, 2.45) is 5.73 Å². The summed E-state index contributed by atoms with van der Waals surface area (Å²) in [5.41, 5.74) is 8.48. The van der Waals surface area contributed by atoms with Gasteiger partial charge in [-0.15, -0.1) is 0 Å². The summed E-state index contributed by atoms with van der Waals surface area (Å²) >= 11 is 0. The highest BCUT2D eigenvalue weighted by Crippen LogP contribution is 2.28. The van der Waals surface area contributed by atoms with E-state index in [4.69, 9.17) is 5.73 Å². The fraction of sp³-hybridized carbons (Fsp3) is 0.250. The topological polar surface area (TPSA) is 29.3 Å². The molecule has 2 aromatic rings. The van der Waals surface area contributed by atoms with E-state index in [0.29, 0.717) is 12.2 Å². The Hall–Kier alpha value is -1.87. The van der Waals surface area contributed by atoms with E-state index in [1.54, 1.807) is 12.1 Å². The van der Waals surface area contributed by atoms with Gasteiger partial charge in [-0.2, -0.15) is 0 Å². The van der Waals surface area contributed by atoms with Crippen molar-refractivity contribution >= 4 is 11.4 Å². The Morgan fingerprint density at radius 1 is 1.11 bits per heavy atom. The number of anilines is 2. The molecule has 2 aromatic carbocycles. The Morgan fingerprint density at radius 3 is 2.26 bits per heavy atom. The van der Waals surface area contributed by atoms with E-state index in [-0.39, 0.29) is 11.9 Å². The average molecular weight is 258 g/mol. The van der Waals surface area contributed by atoms with Crippen LogP contribution in [0, 0.1) is 5.82 Å². The molecule has 2 N–H and O–H groups in total. The second kappa shape index (κ2) is 5.85. The second-order valence-corrected chi connectivity index (χ2v) is 4.58. The Morgan fingerprint density at radius 2 is 1.74 bits per heavy atom. The highest BCUT2D eigenvalue weighted by Gasteiger charge is 2.11.